The van der Waals surface area contributed by atoms with Crippen molar-refractivity contribution in [2.75, 3.05) is 5.09 Å². The molecule has 1 N–H and O–H groups in total. The number of para-hydroxylation sites is 2. The standard InChI is InChI=1S/C23H17Cl2N4OPS/c1-15-21-22(29(27-15)18-7-3-2-4-8-18)26-23(16-11-13-17(24)14-12-16)30-31(21,32)28-20-10-6-5-9-19(20)25/h2-14H,1H3,(H,28,32). The molecule has 1 aliphatic rings. The molecule has 0 bridgehead atoms. The third kappa shape index (κ3) is 3.84. The van der Waals surface area contributed by atoms with E-state index in [1.165, 1.54) is 0 Å². The first-order valence-corrected chi connectivity index (χ1v) is 13.2. The van der Waals surface area contributed by atoms with Gasteiger partial charge in [-0.2, -0.15) is 10.1 Å². The summed E-state index contributed by atoms with van der Waals surface area (Å²) in [7, 11) is 0. The summed E-state index contributed by atoms with van der Waals surface area (Å²) in [5.74, 6) is 1.06. The highest BCUT2D eigenvalue weighted by Crippen LogP contribution is 2.53. The van der Waals surface area contributed by atoms with Crippen LogP contribution in [0.5, 0.6) is 0 Å². The van der Waals surface area contributed by atoms with Crippen LogP contribution >= 0.6 is 29.6 Å². The Bertz CT molecular complexity index is 1390. The van der Waals surface area contributed by atoms with Gasteiger partial charge in [0.2, 0.25) is 12.3 Å². The largest absolute Gasteiger partial charge is 0.426 e. The quantitative estimate of drug-likeness (QED) is 0.320. The van der Waals surface area contributed by atoms with Crippen molar-refractivity contribution in [3.8, 4) is 5.69 Å². The second-order valence-corrected chi connectivity index (χ2v) is 11.5. The molecule has 3 aromatic carbocycles. The molecule has 9 heteroatoms. The predicted octanol–water partition coefficient (Wildman–Crippen LogP) is 6.64. The SMILES string of the molecule is Cc1nn(-c2ccccc2)c2c1P(=S)(Nc1ccccc1Cl)OC(c1ccc(Cl)cc1)=N2. The van der Waals surface area contributed by atoms with Gasteiger partial charge < -0.3 is 9.61 Å². The first kappa shape index (κ1) is 21.2. The Balaban J connectivity index is 1.72. The summed E-state index contributed by atoms with van der Waals surface area (Å²) in [6, 6.07) is 24.6. The van der Waals surface area contributed by atoms with Gasteiger partial charge in [-0.25, -0.2) is 4.68 Å². The van der Waals surface area contributed by atoms with Crippen molar-refractivity contribution >= 4 is 64.1 Å². The number of aliphatic imine (C=N–C) groups is 1. The molecule has 5 nitrogen and oxygen atoms in total. The second kappa shape index (κ2) is 8.38. The van der Waals surface area contributed by atoms with Crippen molar-refractivity contribution in [3.63, 3.8) is 0 Å². The highest BCUT2D eigenvalue weighted by Gasteiger charge is 2.38. The molecule has 0 saturated carbocycles. The van der Waals surface area contributed by atoms with Crippen LogP contribution in [0.2, 0.25) is 10.0 Å². The van der Waals surface area contributed by atoms with Crippen LogP contribution in [0.3, 0.4) is 0 Å². The predicted molar refractivity (Wildman–Crippen MR) is 136 cm³/mol. The molecule has 0 spiro atoms. The molecule has 160 valence electrons. The zero-order valence-corrected chi connectivity index (χ0v) is 20.1. The Morgan fingerprint density at radius 1 is 0.938 bits per heavy atom. The summed E-state index contributed by atoms with van der Waals surface area (Å²) in [6.45, 7) is 1.92. The van der Waals surface area contributed by atoms with Gasteiger partial charge in [0.15, 0.2) is 5.82 Å². The minimum atomic E-state index is -2.87. The smallest absolute Gasteiger partial charge is 0.239 e. The van der Waals surface area contributed by atoms with Crippen molar-refractivity contribution in [2.45, 2.75) is 6.92 Å². The Labute approximate surface area is 200 Å². The van der Waals surface area contributed by atoms with Crippen LogP contribution in [0, 0.1) is 6.92 Å². The number of hydrogen-bond acceptors (Lipinski definition) is 4. The van der Waals surface area contributed by atoms with Crippen molar-refractivity contribution in [2.24, 2.45) is 4.99 Å². The minimum Gasteiger partial charge on any atom is -0.426 e. The van der Waals surface area contributed by atoms with Crippen LogP contribution in [-0.2, 0) is 16.3 Å². The van der Waals surface area contributed by atoms with Gasteiger partial charge in [-0.15, -0.1) is 0 Å². The zero-order valence-electron chi connectivity index (χ0n) is 16.9. The molecule has 32 heavy (non-hydrogen) atoms. The number of benzene rings is 3. The molecule has 0 aliphatic carbocycles. The van der Waals surface area contributed by atoms with E-state index in [1.54, 1.807) is 16.8 Å². The molecule has 1 atom stereocenters. The maximum atomic E-state index is 6.43. The Kier molecular flexibility index (Phi) is 5.56. The lowest BCUT2D eigenvalue weighted by molar-refractivity contribution is 0.618. The lowest BCUT2D eigenvalue weighted by Gasteiger charge is -2.29. The summed E-state index contributed by atoms with van der Waals surface area (Å²) < 4.78 is 8.23. The average molecular weight is 499 g/mol. The molecule has 5 rings (SSSR count). The lowest BCUT2D eigenvalue weighted by Crippen LogP contribution is -2.23. The van der Waals surface area contributed by atoms with Crippen molar-refractivity contribution in [1.82, 2.24) is 9.78 Å². The number of aryl methyl sites for hydroxylation is 1. The summed E-state index contributed by atoms with van der Waals surface area (Å²) in [5, 5.41) is 10.1. The highest BCUT2D eigenvalue weighted by atomic mass is 35.5. The van der Waals surface area contributed by atoms with Gasteiger partial charge in [0.25, 0.3) is 0 Å². The van der Waals surface area contributed by atoms with Gasteiger partial charge in [0, 0.05) is 10.6 Å². The van der Waals surface area contributed by atoms with E-state index in [4.69, 9.17) is 49.6 Å². The van der Waals surface area contributed by atoms with E-state index in [0.717, 1.165) is 22.2 Å². The van der Waals surface area contributed by atoms with Crippen molar-refractivity contribution in [3.05, 3.63) is 100 Å². The second-order valence-electron chi connectivity index (χ2n) is 7.16. The van der Waals surface area contributed by atoms with Gasteiger partial charge in [-0.3, -0.25) is 0 Å². The van der Waals surface area contributed by atoms with E-state index in [1.807, 2.05) is 73.7 Å². The highest BCUT2D eigenvalue weighted by molar-refractivity contribution is 8.16. The van der Waals surface area contributed by atoms with E-state index in [2.05, 4.69) is 5.09 Å². The number of nitrogens with zero attached hydrogens (tertiary/aromatic N) is 3. The molecule has 2 heterocycles. The third-order valence-electron chi connectivity index (χ3n) is 4.96. The number of hydrogen-bond donors (Lipinski definition) is 1. The van der Waals surface area contributed by atoms with E-state index in [9.17, 15) is 0 Å². The van der Waals surface area contributed by atoms with Crippen LogP contribution in [0.15, 0.2) is 83.9 Å². The summed E-state index contributed by atoms with van der Waals surface area (Å²) in [5.41, 5.74) is 3.12. The number of halogens is 2. The molecule has 1 unspecified atom stereocenters. The number of fused-ring (bicyclic) bond motifs is 1. The van der Waals surface area contributed by atoms with Gasteiger partial charge in [-0.1, -0.05) is 53.5 Å². The number of anilines is 1. The van der Waals surface area contributed by atoms with Crippen LogP contribution in [-0.4, -0.2) is 15.7 Å². The Morgan fingerprint density at radius 3 is 2.34 bits per heavy atom. The van der Waals surface area contributed by atoms with Gasteiger partial charge in [-0.05, 0) is 67.3 Å². The van der Waals surface area contributed by atoms with Gasteiger partial charge in [0.1, 0.15) is 5.30 Å². The Hall–Kier alpha value is -2.63. The zero-order chi connectivity index (χ0) is 22.3. The fraction of sp³-hybridized carbons (Fsp3) is 0.0435. The average Bonchev–Trinajstić information content (AvgIpc) is 3.14. The lowest BCUT2D eigenvalue weighted by atomic mass is 10.2. The van der Waals surface area contributed by atoms with E-state index in [0.29, 0.717) is 27.4 Å². The van der Waals surface area contributed by atoms with E-state index in [-0.39, 0.29) is 0 Å². The van der Waals surface area contributed by atoms with Crippen molar-refractivity contribution < 1.29 is 4.52 Å². The first-order chi connectivity index (χ1) is 15.4. The fourth-order valence-corrected chi connectivity index (χ4v) is 7.04. The molecular formula is C23H17Cl2N4OPS. The molecule has 0 radical (unpaired) electrons. The molecule has 1 aliphatic heterocycles. The fourth-order valence-electron chi connectivity index (χ4n) is 3.48. The number of rotatable bonds is 4. The van der Waals surface area contributed by atoms with Crippen LogP contribution in [0.1, 0.15) is 11.3 Å². The molecular weight excluding hydrogens is 482 g/mol. The van der Waals surface area contributed by atoms with E-state index < -0.39 is 6.42 Å². The number of nitrogens with one attached hydrogen (secondary N) is 1. The molecule has 1 aromatic heterocycles. The Morgan fingerprint density at radius 2 is 1.62 bits per heavy atom. The monoisotopic (exact) mass is 498 g/mol. The summed E-state index contributed by atoms with van der Waals surface area (Å²) in [4.78, 5) is 4.84. The maximum Gasteiger partial charge on any atom is 0.239 e. The van der Waals surface area contributed by atoms with Crippen LogP contribution in [0.25, 0.3) is 5.69 Å². The van der Waals surface area contributed by atoms with Crippen LogP contribution < -0.4 is 10.4 Å². The van der Waals surface area contributed by atoms with E-state index >= 15 is 0 Å². The molecule has 0 amide bonds. The van der Waals surface area contributed by atoms with Crippen molar-refractivity contribution in [1.29, 1.82) is 0 Å². The topological polar surface area (TPSA) is 51.4 Å². The molecule has 0 saturated heterocycles. The third-order valence-corrected chi connectivity index (χ3v) is 8.66. The van der Waals surface area contributed by atoms with Crippen LogP contribution in [0.4, 0.5) is 11.5 Å². The molecule has 4 aromatic rings. The molecule has 0 fully saturated rings. The van der Waals surface area contributed by atoms with Gasteiger partial charge >= 0.3 is 0 Å². The van der Waals surface area contributed by atoms with Gasteiger partial charge in [0.05, 0.1) is 22.1 Å². The maximum absolute atomic E-state index is 6.43. The normalized spacial score (nSPS) is 17.3. The summed E-state index contributed by atoms with van der Waals surface area (Å²) in [6.07, 6.45) is -2.87. The first-order valence-electron chi connectivity index (χ1n) is 9.77. The minimum absolute atomic E-state index is 0.411. The summed E-state index contributed by atoms with van der Waals surface area (Å²) >= 11 is 18.7. The number of aromatic nitrogens is 2.